The number of nitrogen functional groups attached to an aromatic ring is 1. The van der Waals surface area contributed by atoms with Gasteiger partial charge >= 0.3 is 0 Å². The van der Waals surface area contributed by atoms with Crippen molar-refractivity contribution in [1.29, 1.82) is 0 Å². The molecule has 0 radical (unpaired) electrons. The van der Waals surface area contributed by atoms with E-state index >= 15 is 0 Å². The van der Waals surface area contributed by atoms with Crippen LogP contribution in [0.4, 0.5) is 0 Å². The summed E-state index contributed by atoms with van der Waals surface area (Å²) in [5.74, 6) is 11.3. The molecule has 0 saturated heterocycles. The summed E-state index contributed by atoms with van der Waals surface area (Å²) in [7, 11) is 0. The first-order chi connectivity index (χ1) is 5.16. The van der Waals surface area contributed by atoms with Crippen LogP contribution in [0.5, 0.6) is 0 Å². The Hall–Kier alpha value is -1.72. The average Bonchev–Trinajstić information content (AvgIpc) is 2.32. The van der Waals surface area contributed by atoms with Gasteiger partial charge in [-0.1, -0.05) is 0 Å². The van der Waals surface area contributed by atoms with Gasteiger partial charge in [0.15, 0.2) is 5.84 Å². The van der Waals surface area contributed by atoms with E-state index < -0.39 is 0 Å². The molecule has 0 amide bonds. The third-order valence-corrected chi connectivity index (χ3v) is 1.38. The zero-order valence-corrected chi connectivity index (χ0v) is 6.15. The van der Waals surface area contributed by atoms with E-state index in [9.17, 15) is 0 Å². The van der Waals surface area contributed by atoms with Gasteiger partial charge in [0, 0.05) is 0 Å². The van der Waals surface area contributed by atoms with Gasteiger partial charge in [-0.15, -0.1) is 0 Å². The molecule has 60 valence electrons. The lowest BCUT2D eigenvalue weighted by Gasteiger charge is -2.00. The zero-order chi connectivity index (χ0) is 8.43. The Morgan fingerprint density at radius 1 is 1.73 bits per heavy atom. The minimum atomic E-state index is 0.174. The van der Waals surface area contributed by atoms with E-state index in [1.807, 2.05) is 0 Å². The van der Waals surface area contributed by atoms with E-state index in [1.165, 1.54) is 10.9 Å². The predicted molar refractivity (Wildman–Crippen MR) is 42.0 cm³/mol. The fourth-order valence-corrected chi connectivity index (χ4v) is 0.709. The summed E-state index contributed by atoms with van der Waals surface area (Å²) in [6.45, 7) is 1.76. The van der Waals surface area contributed by atoms with Crippen LogP contribution >= 0.6 is 0 Å². The van der Waals surface area contributed by atoms with Crippen molar-refractivity contribution in [3.05, 3.63) is 17.7 Å². The van der Waals surface area contributed by atoms with Gasteiger partial charge < -0.3 is 17.4 Å². The second-order valence-electron chi connectivity index (χ2n) is 2.07. The van der Waals surface area contributed by atoms with Crippen LogP contribution in [0.15, 0.2) is 11.3 Å². The highest BCUT2D eigenvalue weighted by atomic mass is 15.3. The van der Waals surface area contributed by atoms with Crippen LogP contribution in [0, 0.1) is 6.92 Å². The molecule has 0 aliphatic rings. The highest BCUT2D eigenvalue weighted by molar-refractivity contribution is 5.95. The van der Waals surface area contributed by atoms with Crippen molar-refractivity contribution < 1.29 is 0 Å². The number of aryl methyl sites for hydroxylation is 1. The summed E-state index contributed by atoms with van der Waals surface area (Å²) in [6.07, 6.45) is 1.51. The molecular weight excluding hydrogens is 144 g/mol. The number of nitrogens with zero attached hydrogens (tertiary/aromatic N) is 3. The molecule has 6 heteroatoms. The monoisotopic (exact) mass is 154 g/mol. The number of hydrogen-bond donors (Lipinski definition) is 3. The Morgan fingerprint density at radius 2 is 2.36 bits per heavy atom. The minimum absolute atomic E-state index is 0.174. The van der Waals surface area contributed by atoms with E-state index in [1.54, 1.807) is 6.92 Å². The first-order valence-corrected chi connectivity index (χ1v) is 3.00. The molecule has 6 nitrogen and oxygen atoms in total. The van der Waals surface area contributed by atoms with Gasteiger partial charge in [0.1, 0.15) is 11.5 Å². The molecule has 1 rings (SSSR count). The number of hydrogen-bond acceptors (Lipinski definition) is 4. The van der Waals surface area contributed by atoms with E-state index in [0.29, 0.717) is 11.5 Å². The van der Waals surface area contributed by atoms with Gasteiger partial charge in [-0.2, -0.15) is 5.10 Å². The minimum Gasteiger partial charge on any atom is -0.380 e. The Morgan fingerprint density at radius 3 is 2.73 bits per heavy atom. The summed E-state index contributed by atoms with van der Waals surface area (Å²) in [5, 5.41) is 3.29. The molecule has 0 atom stereocenters. The van der Waals surface area contributed by atoms with Gasteiger partial charge in [0.25, 0.3) is 0 Å². The highest BCUT2D eigenvalue weighted by Crippen LogP contribution is 1.97. The van der Waals surface area contributed by atoms with Crippen molar-refractivity contribution in [3.8, 4) is 0 Å². The molecule has 0 spiro atoms. The number of imidazole rings is 1. The van der Waals surface area contributed by atoms with Crippen molar-refractivity contribution in [3.63, 3.8) is 0 Å². The molecule has 0 fully saturated rings. The van der Waals surface area contributed by atoms with Crippen LogP contribution in [-0.4, -0.2) is 15.5 Å². The average molecular weight is 154 g/mol. The van der Waals surface area contributed by atoms with E-state index in [0.717, 1.165) is 0 Å². The van der Waals surface area contributed by atoms with Crippen LogP contribution in [0.3, 0.4) is 0 Å². The summed E-state index contributed by atoms with van der Waals surface area (Å²) in [4.78, 5) is 3.91. The second-order valence-corrected chi connectivity index (χ2v) is 2.07. The molecular formula is C5H10N6. The van der Waals surface area contributed by atoms with Gasteiger partial charge in [0.05, 0.1) is 6.20 Å². The van der Waals surface area contributed by atoms with Gasteiger partial charge in [-0.25, -0.2) is 9.66 Å². The molecule has 1 heterocycles. The number of aromatic nitrogens is 2. The summed E-state index contributed by atoms with van der Waals surface area (Å²) < 4.78 is 1.33. The molecule has 0 unspecified atom stereocenters. The quantitative estimate of drug-likeness (QED) is 0.197. The Kier molecular flexibility index (Phi) is 1.67. The number of amidine groups is 1. The zero-order valence-electron chi connectivity index (χ0n) is 6.15. The fraction of sp³-hybridized carbons (Fsp3) is 0.200. The van der Waals surface area contributed by atoms with Gasteiger partial charge in [0.2, 0.25) is 0 Å². The third kappa shape index (κ3) is 1.09. The Labute approximate surface area is 63.7 Å². The van der Waals surface area contributed by atoms with Crippen molar-refractivity contribution in [2.75, 3.05) is 5.84 Å². The molecule has 6 N–H and O–H groups in total. The van der Waals surface area contributed by atoms with Gasteiger partial charge in [-0.05, 0) is 6.92 Å². The topological polar surface area (TPSA) is 108 Å². The Bertz CT molecular complexity index is 285. The van der Waals surface area contributed by atoms with Crippen LogP contribution in [-0.2, 0) is 0 Å². The molecule has 0 aromatic carbocycles. The van der Waals surface area contributed by atoms with Crippen LogP contribution < -0.4 is 17.4 Å². The fourth-order valence-electron chi connectivity index (χ4n) is 0.709. The van der Waals surface area contributed by atoms with Crippen molar-refractivity contribution in [2.24, 2.45) is 16.7 Å². The molecule has 0 bridgehead atoms. The van der Waals surface area contributed by atoms with Crippen LogP contribution in [0.2, 0.25) is 0 Å². The van der Waals surface area contributed by atoms with Crippen molar-refractivity contribution in [1.82, 2.24) is 9.66 Å². The van der Waals surface area contributed by atoms with E-state index in [2.05, 4.69) is 10.1 Å². The first-order valence-electron chi connectivity index (χ1n) is 3.00. The second kappa shape index (κ2) is 2.49. The maximum Gasteiger partial charge on any atom is 0.170 e. The molecule has 0 aliphatic heterocycles. The lowest BCUT2D eigenvalue weighted by molar-refractivity contribution is 0.915. The van der Waals surface area contributed by atoms with Crippen LogP contribution in [0.1, 0.15) is 11.5 Å². The lowest BCUT2D eigenvalue weighted by Crippen LogP contribution is -2.24. The normalized spacial score (nSPS) is 11.9. The molecule has 0 aliphatic carbocycles. The molecule has 0 saturated carbocycles. The van der Waals surface area contributed by atoms with Gasteiger partial charge in [-0.3, -0.25) is 0 Å². The highest BCUT2D eigenvalue weighted by Gasteiger charge is 2.05. The van der Waals surface area contributed by atoms with Crippen molar-refractivity contribution in [2.45, 2.75) is 6.92 Å². The number of hydrazone groups is 1. The van der Waals surface area contributed by atoms with Crippen molar-refractivity contribution >= 4 is 5.84 Å². The first kappa shape index (κ1) is 7.39. The third-order valence-electron chi connectivity index (χ3n) is 1.38. The summed E-state index contributed by atoms with van der Waals surface area (Å²) >= 11 is 0. The molecule has 11 heavy (non-hydrogen) atoms. The Balaban J connectivity index is 3.15. The standard InChI is InChI=1S/C5H10N6/c1-3-9-2-4(11(3)8)5(6)10-7/h2H,7-8H2,1H3,(H2,6,10). The molecule has 1 aromatic rings. The predicted octanol–water partition coefficient (Wildman–Crippen LogP) is -1.52. The van der Waals surface area contributed by atoms with Crippen LogP contribution in [0.25, 0.3) is 0 Å². The molecule has 1 aromatic heterocycles. The number of nitrogens with two attached hydrogens (primary N) is 3. The maximum atomic E-state index is 5.52. The van der Waals surface area contributed by atoms with E-state index in [4.69, 9.17) is 17.4 Å². The smallest absolute Gasteiger partial charge is 0.170 e. The lowest BCUT2D eigenvalue weighted by atomic mass is 10.4. The maximum absolute atomic E-state index is 5.52. The SMILES string of the molecule is Cc1ncc(/C(N)=N\N)n1N. The summed E-state index contributed by atoms with van der Waals surface area (Å²) in [5.41, 5.74) is 5.91. The summed E-state index contributed by atoms with van der Waals surface area (Å²) in [6, 6.07) is 0. The number of rotatable bonds is 1. The van der Waals surface area contributed by atoms with E-state index in [-0.39, 0.29) is 5.84 Å². The largest absolute Gasteiger partial charge is 0.380 e.